The highest BCUT2D eigenvalue weighted by Crippen LogP contribution is 2.08. The normalized spacial score (nSPS) is 13.9. The Morgan fingerprint density at radius 2 is 1.90 bits per heavy atom. The van der Waals surface area contributed by atoms with E-state index in [1.165, 1.54) is 5.57 Å². The third-order valence-electron chi connectivity index (χ3n) is 1.19. The third kappa shape index (κ3) is 6.04. The van der Waals surface area contributed by atoms with Crippen LogP contribution in [0.15, 0.2) is 11.3 Å². The Bertz CT molecular complexity index is 122. The lowest BCUT2D eigenvalue weighted by Gasteiger charge is -2.10. The third-order valence-corrected chi connectivity index (χ3v) is 2.54. The van der Waals surface area contributed by atoms with Gasteiger partial charge < -0.3 is 5.11 Å². The molecule has 0 spiro atoms. The highest BCUT2D eigenvalue weighted by Gasteiger charge is 2.08. The summed E-state index contributed by atoms with van der Waals surface area (Å²) in [6.45, 7) is 9.27. The molecule has 1 nitrogen and oxygen atoms in total. The molecule has 1 N–H and O–H groups in total. The number of aliphatic hydroxyl groups excluding tert-OH is 1. The summed E-state index contributed by atoms with van der Waals surface area (Å²) in [7, 11) is -1.03. The first-order valence-electron chi connectivity index (χ1n) is 3.75. The largest absolute Gasteiger partial charge is 0.396 e. The molecule has 0 unspecified atom stereocenters. The molecular weight excluding hydrogens is 140 g/mol. The molecule has 0 saturated heterocycles. The van der Waals surface area contributed by atoms with E-state index in [0.717, 1.165) is 6.42 Å². The first-order chi connectivity index (χ1) is 4.45. The van der Waals surface area contributed by atoms with E-state index >= 15 is 0 Å². The van der Waals surface area contributed by atoms with Crippen molar-refractivity contribution < 1.29 is 5.11 Å². The summed E-state index contributed by atoms with van der Waals surface area (Å²) in [5, 5.41) is 8.61. The van der Waals surface area contributed by atoms with E-state index in [9.17, 15) is 0 Å². The molecule has 0 aromatic carbocycles. The van der Waals surface area contributed by atoms with Crippen molar-refractivity contribution in [1.29, 1.82) is 0 Å². The molecule has 0 saturated carbocycles. The summed E-state index contributed by atoms with van der Waals surface area (Å²) in [5.41, 5.74) is 3.67. The van der Waals surface area contributed by atoms with Gasteiger partial charge in [-0.3, -0.25) is 0 Å². The molecule has 2 heteroatoms. The number of hydrogen-bond acceptors (Lipinski definition) is 1. The molecule has 10 heavy (non-hydrogen) atoms. The van der Waals surface area contributed by atoms with Gasteiger partial charge in [-0.1, -0.05) is 30.9 Å². The second-order valence-corrected chi connectivity index (χ2v) is 8.85. The number of hydrogen-bond donors (Lipinski definition) is 1. The molecular formula is C8H18OSi. The predicted molar refractivity (Wildman–Crippen MR) is 48.8 cm³/mol. The van der Waals surface area contributed by atoms with Crippen LogP contribution in [0, 0.1) is 0 Å². The minimum atomic E-state index is -1.03. The van der Waals surface area contributed by atoms with Crippen LogP contribution in [-0.4, -0.2) is 19.8 Å². The van der Waals surface area contributed by atoms with Gasteiger partial charge in [0, 0.05) is 6.61 Å². The van der Waals surface area contributed by atoms with Crippen molar-refractivity contribution in [3.63, 3.8) is 0 Å². The van der Waals surface area contributed by atoms with E-state index in [4.69, 9.17) is 5.11 Å². The fourth-order valence-corrected chi connectivity index (χ4v) is 2.61. The van der Waals surface area contributed by atoms with Crippen LogP contribution in [0.4, 0.5) is 0 Å². The molecule has 0 aliphatic rings. The first-order valence-corrected chi connectivity index (χ1v) is 7.32. The van der Waals surface area contributed by atoms with Gasteiger partial charge in [0.15, 0.2) is 0 Å². The maximum Gasteiger partial charge on any atom is 0.0686 e. The molecule has 0 aromatic heterocycles. The van der Waals surface area contributed by atoms with E-state index in [-0.39, 0.29) is 6.61 Å². The molecule has 0 aliphatic heterocycles. The Balaban J connectivity index is 3.90. The van der Waals surface area contributed by atoms with E-state index in [1.807, 2.05) is 0 Å². The first kappa shape index (κ1) is 9.92. The minimum absolute atomic E-state index is 0.285. The molecule has 0 atom stereocenters. The van der Waals surface area contributed by atoms with Crippen molar-refractivity contribution in [1.82, 2.24) is 0 Å². The molecule has 0 fully saturated rings. The molecule has 60 valence electrons. The second kappa shape index (κ2) is 3.94. The SMILES string of the molecule is CC(=C[Si](C)(C)C)CCO. The summed E-state index contributed by atoms with van der Waals surface area (Å²) >= 11 is 0. The lowest BCUT2D eigenvalue weighted by atomic mass is 10.3. The zero-order valence-corrected chi connectivity index (χ0v) is 8.44. The van der Waals surface area contributed by atoms with Crippen molar-refractivity contribution in [2.24, 2.45) is 0 Å². The summed E-state index contributed by atoms with van der Waals surface area (Å²) in [6, 6.07) is 0. The fourth-order valence-electron chi connectivity index (χ4n) is 0.988. The highest BCUT2D eigenvalue weighted by molar-refractivity contribution is 6.81. The zero-order chi connectivity index (χ0) is 8.20. The van der Waals surface area contributed by atoms with Crippen LogP contribution in [0.25, 0.3) is 0 Å². The van der Waals surface area contributed by atoms with Gasteiger partial charge >= 0.3 is 0 Å². The maximum absolute atomic E-state index is 8.61. The van der Waals surface area contributed by atoms with Gasteiger partial charge in [-0.05, 0) is 13.3 Å². The van der Waals surface area contributed by atoms with Gasteiger partial charge in [0.25, 0.3) is 0 Å². The lowest BCUT2D eigenvalue weighted by molar-refractivity contribution is 0.299. The molecule has 0 radical (unpaired) electrons. The van der Waals surface area contributed by atoms with Gasteiger partial charge in [-0.2, -0.15) is 0 Å². The fraction of sp³-hybridized carbons (Fsp3) is 0.750. The van der Waals surface area contributed by atoms with Gasteiger partial charge in [-0.15, -0.1) is 0 Å². The number of aliphatic hydroxyl groups is 1. The van der Waals surface area contributed by atoms with Crippen LogP contribution >= 0.6 is 0 Å². The molecule has 0 heterocycles. The zero-order valence-electron chi connectivity index (χ0n) is 7.44. The molecule has 0 amide bonds. The van der Waals surface area contributed by atoms with Crippen LogP contribution in [0.5, 0.6) is 0 Å². The summed E-state index contributed by atoms with van der Waals surface area (Å²) in [5.74, 6) is 0. The smallest absolute Gasteiger partial charge is 0.0686 e. The number of rotatable bonds is 3. The van der Waals surface area contributed by atoms with Crippen molar-refractivity contribution in [2.75, 3.05) is 6.61 Å². The van der Waals surface area contributed by atoms with Crippen molar-refractivity contribution in [2.45, 2.75) is 33.0 Å². The Hall–Kier alpha value is -0.0831. The van der Waals surface area contributed by atoms with Crippen molar-refractivity contribution in [3.05, 3.63) is 11.3 Å². The lowest BCUT2D eigenvalue weighted by Crippen LogP contribution is -2.16. The standard InChI is InChI=1S/C8H18OSi/c1-8(5-6-9)7-10(2,3)4/h7,9H,5-6H2,1-4H3. The predicted octanol–water partition coefficient (Wildman–Crippen LogP) is 2.19. The van der Waals surface area contributed by atoms with Crippen LogP contribution in [0.2, 0.25) is 19.6 Å². The van der Waals surface area contributed by atoms with Crippen molar-refractivity contribution >= 4 is 8.07 Å². The monoisotopic (exact) mass is 158 g/mol. The summed E-state index contributed by atoms with van der Waals surface area (Å²) in [4.78, 5) is 0. The second-order valence-electron chi connectivity index (χ2n) is 3.83. The van der Waals surface area contributed by atoms with Crippen LogP contribution in [-0.2, 0) is 0 Å². The topological polar surface area (TPSA) is 20.2 Å². The Kier molecular flexibility index (Phi) is 3.90. The average Bonchev–Trinajstić information content (AvgIpc) is 1.59. The maximum atomic E-state index is 8.61. The van der Waals surface area contributed by atoms with Gasteiger partial charge in [-0.25, -0.2) is 0 Å². The van der Waals surface area contributed by atoms with E-state index in [2.05, 4.69) is 32.3 Å². The molecule has 0 rings (SSSR count). The Labute approximate surface area is 64.8 Å². The minimum Gasteiger partial charge on any atom is -0.396 e. The van der Waals surface area contributed by atoms with Crippen molar-refractivity contribution in [3.8, 4) is 0 Å². The molecule has 0 bridgehead atoms. The van der Waals surface area contributed by atoms with Gasteiger partial charge in [0.2, 0.25) is 0 Å². The Morgan fingerprint density at radius 1 is 1.40 bits per heavy atom. The van der Waals surface area contributed by atoms with Gasteiger partial charge in [0.1, 0.15) is 0 Å². The average molecular weight is 158 g/mol. The van der Waals surface area contributed by atoms with Gasteiger partial charge in [0.05, 0.1) is 8.07 Å². The summed E-state index contributed by atoms with van der Waals surface area (Å²) < 4.78 is 0. The summed E-state index contributed by atoms with van der Waals surface area (Å²) in [6.07, 6.45) is 0.838. The van der Waals surface area contributed by atoms with E-state index < -0.39 is 8.07 Å². The van der Waals surface area contributed by atoms with Crippen LogP contribution < -0.4 is 0 Å². The van der Waals surface area contributed by atoms with Crippen LogP contribution in [0.1, 0.15) is 13.3 Å². The van der Waals surface area contributed by atoms with E-state index in [1.54, 1.807) is 0 Å². The van der Waals surface area contributed by atoms with Crippen LogP contribution in [0.3, 0.4) is 0 Å². The van der Waals surface area contributed by atoms with E-state index in [0.29, 0.717) is 0 Å². The quantitative estimate of drug-likeness (QED) is 0.624. The molecule has 0 aromatic rings. The highest BCUT2D eigenvalue weighted by atomic mass is 28.3. The Morgan fingerprint density at radius 3 is 2.20 bits per heavy atom. The molecule has 0 aliphatic carbocycles.